The summed E-state index contributed by atoms with van der Waals surface area (Å²) in [6.07, 6.45) is 1.97. The Morgan fingerprint density at radius 2 is 2.24 bits per heavy atom. The topological polar surface area (TPSA) is 17.8 Å². The van der Waals surface area contributed by atoms with Crippen LogP contribution in [0.25, 0.3) is 10.9 Å². The van der Waals surface area contributed by atoms with Gasteiger partial charge in [-0.3, -0.25) is 0 Å². The maximum absolute atomic E-state index is 13.1. The Labute approximate surface area is 102 Å². The first kappa shape index (κ1) is 10.5. The van der Waals surface area contributed by atoms with Crippen molar-refractivity contribution in [2.75, 3.05) is 0 Å². The molecule has 0 unspecified atom stereocenters. The summed E-state index contributed by atoms with van der Waals surface area (Å²) in [5.74, 6) is -0.194. The molecule has 0 spiro atoms. The second-order valence-corrected chi connectivity index (χ2v) is 4.97. The molecule has 0 atom stereocenters. The molecular weight excluding hydrogens is 235 g/mol. The summed E-state index contributed by atoms with van der Waals surface area (Å²) in [4.78, 5) is 4.43. The van der Waals surface area contributed by atoms with Crippen LogP contribution in [-0.2, 0) is 6.54 Å². The third-order valence-electron chi connectivity index (χ3n) is 2.71. The SMILES string of the molecule is Cc1csc(Cn2ccc3cc(F)ccc32)n1. The average Bonchev–Trinajstić information content (AvgIpc) is 2.86. The van der Waals surface area contributed by atoms with Gasteiger partial charge in [-0.15, -0.1) is 11.3 Å². The van der Waals surface area contributed by atoms with Crippen LogP contribution in [0.15, 0.2) is 35.8 Å². The molecule has 86 valence electrons. The second kappa shape index (κ2) is 3.96. The number of hydrogen-bond acceptors (Lipinski definition) is 2. The van der Waals surface area contributed by atoms with E-state index in [2.05, 4.69) is 9.55 Å². The van der Waals surface area contributed by atoms with E-state index in [9.17, 15) is 4.39 Å². The minimum Gasteiger partial charge on any atom is -0.341 e. The van der Waals surface area contributed by atoms with Gasteiger partial charge in [-0.1, -0.05) is 0 Å². The van der Waals surface area contributed by atoms with Crippen LogP contribution in [0, 0.1) is 12.7 Å². The van der Waals surface area contributed by atoms with Crippen molar-refractivity contribution in [3.8, 4) is 0 Å². The van der Waals surface area contributed by atoms with E-state index in [1.807, 2.05) is 30.6 Å². The van der Waals surface area contributed by atoms with Crippen LogP contribution < -0.4 is 0 Å². The molecule has 0 saturated heterocycles. The zero-order valence-corrected chi connectivity index (χ0v) is 10.2. The molecular formula is C13H11FN2S. The Morgan fingerprint density at radius 1 is 1.35 bits per heavy atom. The Hall–Kier alpha value is -1.68. The Balaban J connectivity index is 2.00. The quantitative estimate of drug-likeness (QED) is 0.675. The van der Waals surface area contributed by atoms with E-state index in [1.165, 1.54) is 6.07 Å². The van der Waals surface area contributed by atoms with Crippen LogP contribution >= 0.6 is 11.3 Å². The van der Waals surface area contributed by atoms with E-state index < -0.39 is 0 Å². The van der Waals surface area contributed by atoms with Gasteiger partial charge in [0.2, 0.25) is 0 Å². The lowest BCUT2D eigenvalue weighted by atomic mass is 10.2. The molecule has 17 heavy (non-hydrogen) atoms. The molecule has 3 rings (SSSR count). The van der Waals surface area contributed by atoms with Gasteiger partial charge >= 0.3 is 0 Å². The number of nitrogens with zero attached hydrogens (tertiary/aromatic N) is 2. The third-order valence-corrected chi connectivity index (χ3v) is 3.66. The normalized spacial score (nSPS) is 11.2. The first-order valence-corrected chi connectivity index (χ1v) is 6.26. The van der Waals surface area contributed by atoms with Crippen LogP contribution in [0.1, 0.15) is 10.7 Å². The third kappa shape index (κ3) is 1.96. The predicted octanol–water partition coefficient (Wildman–Crippen LogP) is 3.59. The van der Waals surface area contributed by atoms with E-state index in [1.54, 1.807) is 17.4 Å². The molecule has 0 fully saturated rings. The Kier molecular flexibility index (Phi) is 2.44. The second-order valence-electron chi connectivity index (χ2n) is 4.03. The zero-order chi connectivity index (χ0) is 11.8. The molecule has 0 saturated carbocycles. The van der Waals surface area contributed by atoms with Crippen LogP contribution in [0.4, 0.5) is 4.39 Å². The summed E-state index contributed by atoms with van der Waals surface area (Å²) in [6, 6.07) is 6.79. The lowest BCUT2D eigenvalue weighted by molar-refractivity contribution is 0.629. The fraction of sp³-hybridized carbons (Fsp3) is 0.154. The number of benzene rings is 1. The van der Waals surface area contributed by atoms with Gasteiger partial charge in [-0.2, -0.15) is 0 Å². The highest BCUT2D eigenvalue weighted by atomic mass is 32.1. The molecule has 0 aliphatic heterocycles. The molecule has 0 bridgehead atoms. The van der Waals surface area contributed by atoms with E-state index in [-0.39, 0.29) is 5.82 Å². The number of aromatic nitrogens is 2. The van der Waals surface area contributed by atoms with Crippen molar-refractivity contribution in [3.63, 3.8) is 0 Å². The molecule has 3 aromatic rings. The van der Waals surface area contributed by atoms with Gasteiger partial charge in [0.05, 0.1) is 6.54 Å². The van der Waals surface area contributed by atoms with Crippen molar-refractivity contribution in [1.29, 1.82) is 0 Å². The van der Waals surface area contributed by atoms with Gasteiger partial charge in [-0.25, -0.2) is 9.37 Å². The summed E-state index contributed by atoms with van der Waals surface area (Å²) in [5.41, 5.74) is 2.09. The van der Waals surface area contributed by atoms with Gasteiger partial charge in [0, 0.05) is 28.2 Å². The highest BCUT2D eigenvalue weighted by molar-refractivity contribution is 7.09. The van der Waals surface area contributed by atoms with Crippen LogP contribution in [0.3, 0.4) is 0 Å². The molecule has 2 heterocycles. The molecule has 0 N–H and O–H groups in total. The summed E-state index contributed by atoms with van der Waals surface area (Å²) in [7, 11) is 0. The number of halogens is 1. The summed E-state index contributed by atoms with van der Waals surface area (Å²) in [6.45, 7) is 2.73. The number of rotatable bonds is 2. The van der Waals surface area contributed by atoms with E-state index >= 15 is 0 Å². The van der Waals surface area contributed by atoms with E-state index in [0.717, 1.165) is 28.1 Å². The maximum atomic E-state index is 13.1. The van der Waals surface area contributed by atoms with Gasteiger partial charge in [0.1, 0.15) is 10.8 Å². The van der Waals surface area contributed by atoms with Crippen LogP contribution in [-0.4, -0.2) is 9.55 Å². The molecule has 4 heteroatoms. The Bertz CT molecular complexity index is 669. The number of aryl methyl sites for hydroxylation is 1. The smallest absolute Gasteiger partial charge is 0.123 e. The molecule has 0 aliphatic rings. The summed E-state index contributed by atoms with van der Waals surface area (Å²) >= 11 is 1.65. The van der Waals surface area contributed by atoms with Crippen molar-refractivity contribution in [3.05, 3.63) is 52.4 Å². The molecule has 2 aromatic heterocycles. The number of thiazole rings is 1. The fourth-order valence-corrected chi connectivity index (χ4v) is 2.70. The monoisotopic (exact) mass is 246 g/mol. The predicted molar refractivity (Wildman–Crippen MR) is 67.8 cm³/mol. The number of hydrogen-bond donors (Lipinski definition) is 0. The van der Waals surface area contributed by atoms with Gasteiger partial charge in [0.25, 0.3) is 0 Å². The summed E-state index contributed by atoms with van der Waals surface area (Å²) < 4.78 is 15.1. The first-order chi connectivity index (χ1) is 8.22. The van der Waals surface area contributed by atoms with Gasteiger partial charge in [0.15, 0.2) is 0 Å². The standard InChI is InChI=1S/C13H11FN2S/c1-9-8-17-13(15-9)7-16-5-4-10-6-11(14)2-3-12(10)16/h2-6,8H,7H2,1H3. The van der Waals surface area contributed by atoms with Gasteiger partial charge in [-0.05, 0) is 31.2 Å². The van der Waals surface area contributed by atoms with Crippen molar-refractivity contribution in [2.45, 2.75) is 13.5 Å². The van der Waals surface area contributed by atoms with Crippen molar-refractivity contribution < 1.29 is 4.39 Å². The first-order valence-electron chi connectivity index (χ1n) is 5.38. The van der Waals surface area contributed by atoms with E-state index in [0.29, 0.717) is 0 Å². The van der Waals surface area contributed by atoms with Crippen molar-refractivity contribution in [1.82, 2.24) is 9.55 Å². The molecule has 0 aliphatic carbocycles. The van der Waals surface area contributed by atoms with Gasteiger partial charge < -0.3 is 4.57 Å². The molecule has 1 aromatic carbocycles. The Morgan fingerprint density at radius 3 is 3.00 bits per heavy atom. The lowest BCUT2D eigenvalue weighted by Gasteiger charge is -2.02. The molecule has 2 nitrogen and oxygen atoms in total. The highest BCUT2D eigenvalue weighted by Gasteiger charge is 2.05. The van der Waals surface area contributed by atoms with Crippen molar-refractivity contribution >= 4 is 22.2 Å². The average molecular weight is 246 g/mol. The fourth-order valence-electron chi connectivity index (χ4n) is 1.93. The van der Waals surface area contributed by atoms with Crippen molar-refractivity contribution in [2.24, 2.45) is 0 Å². The largest absolute Gasteiger partial charge is 0.341 e. The minimum absolute atomic E-state index is 0.194. The molecule has 0 amide bonds. The van der Waals surface area contributed by atoms with Crippen LogP contribution in [0.2, 0.25) is 0 Å². The molecule has 0 radical (unpaired) electrons. The zero-order valence-electron chi connectivity index (χ0n) is 9.35. The van der Waals surface area contributed by atoms with E-state index in [4.69, 9.17) is 0 Å². The highest BCUT2D eigenvalue weighted by Crippen LogP contribution is 2.19. The summed E-state index contributed by atoms with van der Waals surface area (Å²) in [5, 5.41) is 4.04. The maximum Gasteiger partial charge on any atom is 0.123 e. The number of fused-ring (bicyclic) bond motifs is 1. The van der Waals surface area contributed by atoms with Crippen LogP contribution in [0.5, 0.6) is 0 Å². The lowest BCUT2D eigenvalue weighted by Crippen LogP contribution is -1.97. The minimum atomic E-state index is -0.194.